The first-order chi connectivity index (χ1) is 14.2. The molecule has 1 fully saturated rings. The van der Waals surface area contributed by atoms with Crippen LogP contribution in [0.3, 0.4) is 0 Å². The van der Waals surface area contributed by atoms with Crippen LogP contribution in [0.25, 0.3) is 16.9 Å². The Kier molecular flexibility index (Phi) is 4.44. The van der Waals surface area contributed by atoms with E-state index >= 15 is 0 Å². The van der Waals surface area contributed by atoms with E-state index in [9.17, 15) is 4.79 Å². The van der Waals surface area contributed by atoms with Crippen LogP contribution in [0, 0.1) is 0 Å². The molecule has 3 aromatic heterocycles. The zero-order chi connectivity index (χ0) is 19.8. The van der Waals surface area contributed by atoms with Gasteiger partial charge in [0.25, 0.3) is 5.91 Å². The summed E-state index contributed by atoms with van der Waals surface area (Å²) in [6, 6.07) is 11.1. The van der Waals surface area contributed by atoms with E-state index in [2.05, 4.69) is 14.9 Å². The lowest BCUT2D eigenvalue weighted by Crippen LogP contribution is -2.49. The second kappa shape index (κ2) is 7.25. The Bertz CT molecular complexity index is 1150. The first kappa shape index (κ1) is 17.8. The number of piperazine rings is 1. The van der Waals surface area contributed by atoms with Crippen LogP contribution in [0.5, 0.6) is 0 Å². The van der Waals surface area contributed by atoms with Gasteiger partial charge in [0.05, 0.1) is 18.2 Å². The molecule has 1 aliphatic rings. The van der Waals surface area contributed by atoms with Gasteiger partial charge in [-0.3, -0.25) is 9.20 Å². The number of halogens is 1. The van der Waals surface area contributed by atoms with Gasteiger partial charge < -0.3 is 14.2 Å². The summed E-state index contributed by atoms with van der Waals surface area (Å²) in [6.07, 6.45) is 7.06. The van der Waals surface area contributed by atoms with Gasteiger partial charge in [0.1, 0.15) is 0 Å². The number of furan rings is 1. The second-order valence-corrected chi connectivity index (χ2v) is 7.29. The highest BCUT2D eigenvalue weighted by Gasteiger charge is 2.26. The van der Waals surface area contributed by atoms with Gasteiger partial charge >= 0.3 is 0 Å². The van der Waals surface area contributed by atoms with Crippen LogP contribution in [-0.2, 0) is 0 Å². The maximum Gasteiger partial charge on any atom is 0.289 e. The minimum absolute atomic E-state index is 0.0772. The summed E-state index contributed by atoms with van der Waals surface area (Å²) in [7, 11) is 0. The molecule has 1 aromatic carbocycles. The van der Waals surface area contributed by atoms with Crippen molar-refractivity contribution in [2.24, 2.45) is 0 Å². The van der Waals surface area contributed by atoms with E-state index in [0.717, 1.165) is 22.7 Å². The average Bonchev–Trinajstić information content (AvgIpc) is 3.44. The number of fused-ring (bicyclic) bond motifs is 1. The lowest BCUT2D eigenvalue weighted by molar-refractivity contribution is 0.0714. The van der Waals surface area contributed by atoms with Crippen LogP contribution in [0.15, 0.2) is 65.7 Å². The predicted molar refractivity (Wildman–Crippen MR) is 110 cm³/mol. The molecule has 1 aliphatic heterocycles. The highest BCUT2D eigenvalue weighted by molar-refractivity contribution is 6.30. The molecule has 4 heterocycles. The molecule has 1 amide bonds. The zero-order valence-electron chi connectivity index (χ0n) is 15.5. The van der Waals surface area contributed by atoms with Gasteiger partial charge in [-0.2, -0.15) is 0 Å². The lowest BCUT2D eigenvalue weighted by Gasteiger charge is -2.35. The molecule has 0 bridgehead atoms. The third-order valence-electron chi connectivity index (χ3n) is 5.15. The minimum atomic E-state index is -0.0772. The van der Waals surface area contributed by atoms with Crippen molar-refractivity contribution in [3.8, 4) is 11.3 Å². The topological polar surface area (TPSA) is 66.9 Å². The van der Waals surface area contributed by atoms with Crippen LogP contribution in [0.2, 0.25) is 5.02 Å². The number of anilines is 1. The van der Waals surface area contributed by atoms with Crippen LogP contribution >= 0.6 is 11.6 Å². The predicted octanol–water partition coefficient (Wildman–Crippen LogP) is 3.61. The maximum absolute atomic E-state index is 12.5. The average molecular weight is 408 g/mol. The van der Waals surface area contributed by atoms with Crippen molar-refractivity contribution < 1.29 is 9.21 Å². The fraction of sp³-hybridized carbons (Fsp3) is 0.190. The number of imidazole rings is 1. The Hall–Kier alpha value is -3.32. The van der Waals surface area contributed by atoms with Crippen LogP contribution in [-0.4, -0.2) is 51.4 Å². The van der Waals surface area contributed by atoms with Crippen molar-refractivity contribution in [1.82, 2.24) is 19.3 Å². The number of hydrogen-bond acceptors (Lipinski definition) is 5. The molecule has 0 radical (unpaired) electrons. The Labute approximate surface area is 172 Å². The molecule has 5 rings (SSSR count). The van der Waals surface area contributed by atoms with Crippen LogP contribution in [0.4, 0.5) is 5.82 Å². The molecular weight excluding hydrogens is 390 g/mol. The molecule has 1 saturated heterocycles. The summed E-state index contributed by atoms with van der Waals surface area (Å²) < 4.78 is 7.26. The summed E-state index contributed by atoms with van der Waals surface area (Å²) in [5.41, 5.74) is 2.81. The number of rotatable bonds is 3. The smallest absolute Gasteiger partial charge is 0.289 e. The van der Waals surface area contributed by atoms with E-state index in [1.54, 1.807) is 23.2 Å². The third kappa shape index (κ3) is 3.23. The van der Waals surface area contributed by atoms with Crippen LogP contribution < -0.4 is 4.90 Å². The first-order valence-corrected chi connectivity index (χ1v) is 9.74. The Balaban J connectivity index is 1.39. The monoisotopic (exact) mass is 407 g/mol. The van der Waals surface area contributed by atoms with E-state index in [4.69, 9.17) is 16.0 Å². The number of carbonyl (C=O) groups is 1. The molecule has 0 spiro atoms. The molecule has 0 aliphatic carbocycles. The Morgan fingerprint density at radius 3 is 2.55 bits per heavy atom. The number of carbonyl (C=O) groups excluding carboxylic acids is 1. The lowest BCUT2D eigenvalue weighted by atomic mass is 10.2. The molecule has 29 heavy (non-hydrogen) atoms. The second-order valence-electron chi connectivity index (χ2n) is 6.85. The van der Waals surface area contributed by atoms with Crippen molar-refractivity contribution in [2.75, 3.05) is 31.1 Å². The normalized spacial score (nSPS) is 14.5. The van der Waals surface area contributed by atoms with E-state index in [0.29, 0.717) is 37.0 Å². The molecule has 4 aromatic rings. The fourth-order valence-electron chi connectivity index (χ4n) is 3.64. The number of benzene rings is 1. The van der Waals surface area contributed by atoms with Gasteiger partial charge in [0.2, 0.25) is 0 Å². The maximum atomic E-state index is 12.5. The Morgan fingerprint density at radius 1 is 1.03 bits per heavy atom. The van der Waals surface area contributed by atoms with Crippen molar-refractivity contribution in [1.29, 1.82) is 0 Å². The standard InChI is InChI=1S/C21H18ClN5O2/c22-16-5-3-15(4-6-16)17-14-24-20-19(23-7-8-27(17)20)25-9-11-26(12-10-25)21(28)18-2-1-13-29-18/h1-8,13-14H,9-12H2. The molecular formula is C21H18ClN5O2. The van der Waals surface area contributed by atoms with Crippen molar-refractivity contribution >= 4 is 29.0 Å². The van der Waals surface area contributed by atoms with E-state index < -0.39 is 0 Å². The summed E-state index contributed by atoms with van der Waals surface area (Å²) in [5, 5.41) is 0.701. The summed E-state index contributed by atoms with van der Waals surface area (Å²) in [6.45, 7) is 2.57. The molecule has 0 unspecified atom stereocenters. The van der Waals surface area contributed by atoms with E-state index in [1.165, 1.54) is 6.26 Å². The quantitative estimate of drug-likeness (QED) is 0.519. The van der Waals surface area contributed by atoms with Gasteiger partial charge in [-0.05, 0) is 24.3 Å². The third-order valence-corrected chi connectivity index (χ3v) is 5.40. The number of amides is 1. The van der Waals surface area contributed by atoms with Gasteiger partial charge in [0, 0.05) is 49.2 Å². The number of aromatic nitrogens is 3. The number of hydrogen-bond donors (Lipinski definition) is 0. The minimum Gasteiger partial charge on any atom is -0.459 e. The summed E-state index contributed by atoms with van der Waals surface area (Å²) in [4.78, 5) is 25.6. The van der Waals surface area contributed by atoms with Crippen molar-refractivity contribution in [3.05, 3.63) is 72.0 Å². The van der Waals surface area contributed by atoms with Crippen LogP contribution in [0.1, 0.15) is 10.6 Å². The first-order valence-electron chi connectivity index (χ1n) is 9.36. The highest BCUT2D eigenvalue weighted by atomic mass is 35.5. The van der Waals surface area contributed by atoms with Gasteiger partial charge in [-0.25, -0.2) is 9.97 Å². The van der Waals surface area contributed by atoms with Crippen molar-refractivity contribution in [2.45, 2.75) is 0 Å². The fourth-order valence-corrected chi connectivity index (χ4v) is 3.77. The van der Waals surface area contributed by atoms with E-state index in [1.807, 2.05) is 41.1 Å². The van der Waals surface area contributed by atoms with E-state index in [-0.39, 0.29) is 5.91 Å². The molecule has 146 valence electrons. The zero-order valence-corrected chi connectivity index (χ0v) is 16.3. The molecule has 8 heteroatoms. The summed E-state index contributed by atoms with van der Waals surface area (Å²) >= 11 is 6.01. The SMILES string of the molecule is O=C(c1ccco1)N1CCN(c2nccn3c(-c4ccc(Cl)cc4)cnc23)CC1. The largest absolute Gasteiger partial charge is 0.459 e. The Morgan fingerprint density at radius 2 is 1.83 bits per heavy atom. The van der Waals surface area contributed by atoms with Crippen molar-refractivity contribution in [3.63, 3.8) is 0 Å². The van der Waals surface area contributed by atoms with Gasteiger partial charge in [-0.1, -0.05) is 23.7 Å². The number of nitrogens with zero attached hydrogens (tertiary/aromatic N) is 5. The van der Waals surface area contributed by atoms with Gasteiger partial charge in [-0.15, -0.1) is 0 Å². The molecule has 0 saturated carbocycles. The molecule has 0 N–H and O–H groups in total. The van der Waals surface area contributed by atoms with Gasteiger partial charge in [0.15, 0.2) is 17.2 Å². The summed E-state index contributed by atoms with van der Waals surface area (Å²) in [5.74, 6) is 1.11. The molecule has 0 atom stereocenters. The molecule has 7 nitrogen and oxygen atoms in total. The highest BCUT2D eigenvalue weighted by Crippen LogP contribution is 2.26.